The van der Waals surface area contributed by atoms with Crippen LogP contribution in [0.3, 0.4) is 0 Å². The normalized spacial score (nSPS) is 15.6. The molecular formula is C27H24N2O5. The van der Waals surface area contributed by atoms with Gasteiger partial charge in [0.25, 0.3) is 11.8 Å². The molecule has 34 heavy (non-hydrogen) atoms. The van der Waals surface area contributed by atoms with Crippen LogP contribution in [0.2, 0.25) is 0 Å². The molecule has 7 nitrogen and oxygen atoms in total. The maximum absolute atomic E-state index is 12.8. The number of rotatable bonds is 5. The van der Waals surface area contributed by atoms with Crippen molar-refractivity contribution in [3.05, 3.63) is 81.8 Å². The summed E-state index contributed by atoms with van der Waals surface area (Å²) in [6.07, 6.45) is 6.86. The van der Waals surface area contributed by atoms with Crippen LogP contribution in [-0.4, -0.2) is 22.9 Å². The monoisotopic (exact) mass is 456 g/mol. The molecule has 0 spiro atoms. The zero-order valence-electron chi connectivity index (χ0n) is 18.7. The predicted octanol–water partition coefficient (Wildman–Crippen LogP) is 5.16. The van der Waals surface area contributed by atoms with Gasteiger partial charge in [-0.15, -0.1) is 0 Å². The molecule has 1 aliphatic heterocycles. The summed E-state index contributed by atoms with van der Waals surface area (Å²) in [5.74, 6) is 0.139. The smallest absolute Gasteiger partial charge is 0.335 e. The van der Waals surface area contributed by atoms with Gasteiger partial charge in [0.2, 0.25) is 0 Å². The summed E-state index contributed by atoms with van der Waals surface area (Å²) in [6, 6.07) is 10.9. The average Bonchev–Trinajstić information content (AvgIpc) is 3.35. The Hall–Kier alpha value is -4.13. The van der Waals surface area contributed by atoms with Gasteiger partial charge in [0, 0.05) is 34.5 Å². The van der Waals surface area contributed by atoms with E-state index in [4.69, 9.17) is 9.52 Å². The number of aromatic carboxylic acids is 1. The maximum atomic E-state index is 12.8. The highest BCUT2D eigenvalue weighted by Crippen LogP contribution is 2.38. The number of carboxylic acids is 1. The minimum atomic E-state index is -1.05. The third kappa shape index (κ3) is 3.90. The Labute approximate surface area is 196 Å². The first-order chi connectivity index (χ1) is 16.4. The fourth-order valence-corrected chi connectivity index (χ4v) is 4.66. The first-order valence-corrected chi connectivity index (χ1v) is 11.4. The molecule has 2 aromatic carbocycles. The Morgan fingerprint density at radius 3 is 2.56 bits per heavy atom. The Bertz CT molecular complexity index is 1350. The molecule has 5 rings (SSSR count). The number of amides is 2. The number of benzene rings is 2. The van der Waals surface area contributed by atoms with Gasteiger partial charge in [-0.25, -0.2) is 4.79 Å². The third-order valence-electron chi connectivity index (χ3n) is 6.40. The standard InChI is InChI=1S/C27H24N2O5/c1-2-18-19-5-3-4-6-23(19)34-24(18)14-21-20-13-17(11-12-22(20)29-26(21)31)28-25(30)15-7-9-16(10-8-15)27(32)33/h7-14H,2-6H2,1H3,(H,28,30)(H,29,31)(H,32,33). The number of hydrogen-bond acceptors (Lipinski definition) is 4. The largest absolute Gasteiger partial charge is 0.478 e. The SMILES string of the molecule is CCc1c(C=C2C(=O)Nc3ccc(NC(=O)c4ccc(C(=O)O)cc4)cc32)oc2c1CCCC2. The van der Waals surface area contributed by atoms with E-state index in [-0.39, 0.29) is 17.4 Å². The molecule has 3 aromatic rings. The first-order valence-electron chi connectivity index (χ1n) is 11.4. The van der Waals surface area contributed by atoms with Crippen molar-refractivity contribution in [2.24, 2.45) is 0 Å². The van der Waals surface area contributed by atoms with E-state index in [9.17, 15) is 14.4 Å². The summed E-state index contributed by atoms with van der Waals surface area (Å²) in [5, 5.41) is 14.7. The summed E-state index contributed by atoms with van der Waals surface area (Å²) in [5.41, 5.74) is 5.30. The average molecular weight is 456 g/mol. The van der Waals surface area contributed by atoms with Gasteiger partial charge in [-0.3, -0.25) is 9.59 Å². The van der Waals surface area contributed by atoms with E-state index in [1.54, 1.807) is 18.2 Å². The molecule has 172 valence electrons. The predicted molar refractivity (Wildman–Crippen MR) is 129 cm³/mol. The van der Waals surface area contributed by atoms with Gasteiger partial charge in [0.15, 0.2) is 0 Å². The van der Waals surface area contributed by atoms with Gasteiger partial charge in [-0.2, -0.15) is 0 Å². The molecule has 0 fully saturated rings. The second-order valence-electron chi connectivity index (χ2n) is 8.52. The third-order valence-corrected chi connectivity index (χ3v) is 6.40. The fraction of sp³-hybridized carbons (Fsp3) is 0.222. The van der Waals surface area contributed by atoms with Gasteiger partial charge < -0.3 is 20.2 Å². The van der Waals surface area contributed by atoms with Crippen LogP contribution in [0.4, 0.5) is 11.4 Å². The van der Waals surface area contributed by atoms with Crippen LogP contribution in [0.15, 0.2) is 46.9 Å². The Morgan fingerprint density at radius 2 is 1.82 bits per heavy atom. The number of furan rings is 1. The minimum absolute atomic E-state index is 0.111. The van der Waals surface area contributed by atoms with Crippen LogP contribution < -0.4 is 10.6 Å². The van der Waals surface area contributed by atoms with Crippen molar-refractivity contribution in [3.8, 4) is 0 Å². The second kappa shape index (κ2) is 8.67. The lowest BCUT2D eigenvalue weighted by molar-refractivity contribution is -0.110. The van der Waals surface area contributed by atoms with Gasteiger partial charge in [-0.1, -0.05) is 6.92 Å². The summed E-state index contributed by atoms with van der Waals surface area (Å²) >= 11 is 0. The number of carboxylic acid groups (broad SMARTS) is 1. The lowest BCUT2D eigenvalue weighted by atomic mass is 9.93. The number of carbonyl (C=O) groups excluding carboxylic acids is 2. The molecule has 3 N–H and O–H groups in total. The number of nitrogens with one attached hydrogen (secondary N) is 2. The van der Waals surface area contributed by atoms with E-state index in [0.717, 1.165) is 49.2 Å². The van der Waals surface area contributed by atoms with Crippen molar-refractivity contribution in [3.63, 3.8) is 0 Å². The topological polar surface area (TPSA) is 109 Å². The highest BCUT2D eigenvalue weighted by Gasteiger charge is 2.27. The van der Waals surface area contributed by atoms with Crippen LogP contribution in [-0.2, 0) is 24.1 Å². The molecule has 2 amide bonds. The Morgan fingerprint density at radius 1 is 1.09 bits per heavy atom. The van der Waals surface area contributed by atoms with Crippen molar-refractivity contribution in [2.45, 2.75) is 39.0 Å². The summed E-state index contributed by atoms with van der Waals surface area (Å²) in [4.78, 5) is 36.4. The summed E-state index contributed by atoms with van der Waals surface area (Å²) < 4.78 is 6.16. The quantitative estimate of drug-likeness (QED) is 0.459. The molecule has 0 saturated heterocycles. The van der Waals surface area contributed by atoms with Crippen LogP contribution in [0.25, 0.3) is 11.6 Å². The Kier molecular flexibility index (Phi) is 5.53. The van der Waals surface area contributed by atoms with Crippen molar-refractivity contribution in [1.29, 1.82) is 0 Å². The molecule has 0 saturated carbocycles. The molecule has 0 radical (unpaired) electrons. The molecule has 0 bridgehead atoms. The van der Waals surface area contributed by atoms with E-state index < -0.39 is 5.97 Å². The lowest BCUT2D eigenvalue weighted by Crippen LogP contribution is -2.12. The van der Waals surface area contributed by atoms with Crippen LogP contribution in [0.5, 0.6) is 0 Å². The van der Waals surface area contributed by atoms with E-state index in [2.05, 4.69) is 17.6 Å². The minimum Gasteiger partial charge on any atom is -0.478 e. The number of anilines is 2. The molecule has 0 atom stereocenters. The van der Waals surface area contributed by atoms with Crippen molar-refractivity contribution in [1.82, 2.24) is 0 Å². The molecule has 1 aliphatic carbocycles. The van der Waals surface area contributed by atoms with Crippen molar-refractivity contribution in [2.75, 3.05) is 10.6 Å². The fourth-order valence-electron chi connectivity index (χ4n) is 4.66. The van der Waals surface area contributed by atoms with Gasteiger partial charge in [0.1, 0.15) is 11.5 Å². The molecular weight excluding hydrogens is 432 g/mol. The highest BCUT2D eigenvalue weighted by atomic mass is 16.4. The van der Waals surface area contributed by atoms with Crippen molar-refractivity contribution >= 4 is 40.8 Å². The summed E-state index contributed by atoms with van der Waals surface area (Å²) in [7, 11) is 0. The Balaban J connectivity index is 1.44. The van der Waals surface area contributed by atoms with E-state index >= 15 is 0 Å². The summed E-state index contributed by atoms with van der Waals surface area (Å²) in [6.45, 7) is 2.10. The first kappa shape index (κ1) is 21.7. The number of hydrogen-bond donors (Lipinski definition) is 3. The van der Waals surface area contributed by atoms with Crippen molar-refractivity contribution < 1.29 is 23.9 Å². The molecule has 1 aromatic heterocycles. The number of aryl methyl sites for hydroxylation is 1. The zero-order chi connectivity index (χ0) is 23.8. The zero-order valence-corrected chi connectivity index (χ0v) is 18.7. The lowest BCUT2D eigenvalue weighted by Gasteiger charge is -2.09. The van der Waals surface area contributed by atoms with Crippen LogP contribution in [0.1, 0.15) is 68.7 Å². The molecule has 0 unspecified atom stereocenters. The molecule has 2 aliphatic rings. The van der Waals surface area contributed by atoms with Crippen LogP contribution in [0, 0.1) is 0 Å². The molecule has 7 heteroatoms. The molecule has 2 heterocycles. The second-order valence-corrected chi connectivity index (χ2v) is 8.52. The number of carbonyl (C=O) groups is 3. The van der Waals surface area contributed by atoms with Gasteiger partial charge >= 0.3 is 5.97 Å². The van der Waals surface area contributed by atoms with E-state index in [1.165, 1.54) is 29.8 Å². The van der Waals surface area contributed by atoms with Gasteiger partial charge in [-0.05, 0) is 79.8 Å². The van der Waals surface area contributed by atoms with Crippen LogP contribution >= 0.6 is 0 Å². The van der Waals surface area contributed by atoms with Gasteiger partial charge in [0.05, 0.1) is 11.1 Å². The van der Waals surface area contributed by atoms with E-state index in [1.807, 2.05) is 6.08 Å². The highest BCUT2D eigenvalue weighted by molar-refractivity contribution is 6.35. The van der Waals surface area contributed by atoms with E-state index in [0.29, 0.717) is 28.1 Å². The number of fused-ring (bicyclic) bond motifs is 2. The maximum Gasteiger partial charge on any atom is 0.335 e.